The molecular formula is C33H31GeNO. The Bertz CT molecular complexity index is 1740. The Labute approximate surface area is 215 Å². The number of hydrogen-bond donors (Lipinski definition) is 0. The maximum atomic E-state index is 6.53. The van der Waals surface area contributed by atoms with Crippen LogP contribution < -0.4 is 4.40 Å². The summed E-state index contributed by atoms with van der Waals surface area (Å²) in [4.78, 5) is 4.89. The van der Waals surface area contributed by atoms with Gasteiger partial charge in [0.15, 0.2) is 0 Å². The van der Waals surface area contributed by atoms with Gasteiger partial charge in [-0.3, -0.25) is 0 Å². The van der Waals surface area contributed by atoms with Crippen LogP contribution in [0.15, 0.2) is 95.5 Å². The third-order valence-corrected chi connectivity index (χ3v) is 11.6. The van der Waals surface area contributed by atoms with Crippen molar-refractivity contribution in [2.45, 2.75) is 37.0 Å². The number of hydrogen-bond acceptors (Lipinski definition) is 2. The van der Waals surface area contributed by atoms with Crippen molar-refractivity contribution < 1.29 is 4.42 Å². The quantitative estimate of drug-likeness (QED) is 0.213. The van der Waals surface area contributed by atoms with E-state index in [-0.39, 0.29) is 0 Å². The van der Waals surface area contributed by atoms with E-state index in [1.807, 2.05) is 12.3 Å². The number of pyridine rings is 1. The fraction of sp³-hybridized carbons (Fsp3) is 0.182. The molecule has 0 spiro atoms. The molecule has 36 heavy (non-hydrogen) atoms. The van der Waals surface area contributed by atoms with Crippen molar-refractivity contribution in [2.24, 2.45) is 0 Å². The standard InChI is InChI=1S/C33H31GeNO/c1-21(2)29-20-24(19-23-9-6-7-10-26(23)29)32-31-28-12-8-11-27(33(28)36-30(31)17-18-35-32)22-13-15-25(16-14-22)34(3,4)5/h6-21H,1-5H3. The summed E-state index contributed by atoms with van der Waals surface area (Å²) in [5.41, 5.74) is 7.59. The second-order valence-electron chi connectivity index (χ2n) is 11.1. The monoisotopic (exact) mass is 531 g/mol. The number of furan rings is 1. The summed E-state index contributed by atoms with van der Waals surface area (Å²) in [6, 6.07) is 30.8. The zero-order chi connectivity index (χ0) is 25.0. The average Bonchev–Trinajstić information content (AvgIpc) is 3.26. The van der Waals surface area contributed by atoms with Crippen LogP contribution in [0.4, 0.5) is 0 Å². The van der Waals surface area contributed by atoms with Crippen LogP contribution in [0.5, 0.6) is 0 Å². The Kier molecular flexibility index (Phi) is 5.53. The van der Waals surface area contributed by atoms with Gasteiger partial charge in [-0.25, -0.2) is 0 Å². The van der Waals surface area contributed by atoms with E-state index in [0.717, 1.165) is 38.8 Å². The van der Waals surface area contributed by atoms with E-state index in [1.54, 1.807) is 0 Å². The third-order valence-electron chi connectivity index (χ3n) is 7.26. The van der Waals surface area contributed by atoms with Crippen LogP contribution in [0.25, 0.3) is 55.1 Å². The molecule has 0 atom stereocenters. The summed E-state index contributed by atoms with van der Waals surface area (Å²) in [5, 5.41) is 4.75. The van der Waals surface area contributed by atoms with E-state index in [9.17, 15) is 0 Å². The second-order valence-corrected chi connectivity index (χ2v) is 21.7. The first-order chi connectivity index (χ1) is 17.3. The number of benzene rings is 4. The Hall–Kier alpha value is -3.37. The van der Waals surface area contributed by atoms with Crippen molar-refractivity contribution in [3.63, 3.8) is 0 Å². The molecule has 0 aliphatic rings. The van der Waals surface area contributed by atoms with E-state index < -0.39 is 13.3 Å². The van der Waals surface area contributed by atoms with Gasteiger partial charge in [-0.05, 0) is 11.3 Å². The number of para-hydroxylation sites is 1. The van der Waals surface area contributed by atoms with Gasteiger partial charge in [0.25, 0.3) is 0 Å². The SMILES string of the molecule is CC(C)c1cc(-c2nccc3oc4c(-c5cc[c]([Ge]([CH3])([CH3])[CH3])cc5)cccc4c23)cc2ccccc12. The fourth-order valence-electron chi connectivity index (χ4n) is 5.29. The van der Waals surface area contributed by atoms with Crippen LogP contribution in [0.1, 0.15) is 25.3 Å². The molecule has 0 aliphatic heterocycles. The van der Waals surface area contributed by atoms with Crippen LogP contribution in [0.3, 0.4) is 0 Å². The molecule has 2 heterocycles. The molecule has 0 fully saturated rings. The summed E-state index contributed by atoms with van der Waals surface area (Å²) in [6.07, 6.45) is 1.87. The molecule has 0 aliphatic carbocycles. The molecule has 4 aromatic carbocycles. The normalized spacial score (nSPS) is 12.3. The van der Waals surface area contributed by atoms with Gasteiger partial charge in [-0.1, -0.05) is 38.1 Å². The molecule has 0 unspecified atom stereocenters. The van der Waals surface area contributed by atoms with E-state index in [4.69, 9.17) is 9.40 Å². The van der Waals surface area contributed by atoms with E-state index in [2.05, 4.69) is 110 Å². The molecule has 0 saturated carbocycles. The molecule has 178 valence electrons. The van der Waals surface area contributed by atoms with Crippen molar-refractivity contribution in [1.82, 2.24) is 4.98 Å². The molecule has 2 aromatic heterocycles. The molecular weight excluding hydrogens is 499 g/mol. The van der Waals surface area contributed by atoms with Crippen LogP contribution in [0.2, 0.25) is 17.3 Å². The first-order valence-electron chi connectivity index (χ1n) is 12.8. The summed E-state index contributed by atoms with van der Waals surface area (Å²) in [7, 11) is 0. The van der Waals surface area contributed by atoms with Crippen LogP contribution >= 0.6 is 0 Å². The molecule has 0 radical (unpaired) electrons. The Morgan fingerprint density at radius 3 is 2.25 bits per heavy atom. The summed E-state index contributed by atoms with van der Waals surface area (Å²) in [5.74, 6) is 7.71. The number of rotatable bonds is 4. The summed E-state index contributed by atoms with van der Waals surface area (Å²) in [6.45, 7) is 4.51. The van der Waals surface area contributed by atoms with E-state index in [1.165, 1.54) is 26.3 Å². The van der Waals surface area contributed by atoms with Crippen molar-refractivity contribution in [1.29, 1.82) is 0 Å². The van der Waals surface area contributed by atoms with E-state index in [0.29, 0.717) is 5.92 Å². The minimum Gasteiger partial charge on any atom is -0.0616 e. The smallest absolute Gasteiger partial charge is 0.0616 e. The molecule has 2 nitrogen and oxygen atoms in total. The van der Waals surface area contributed by atoms with Gasteiger partial charge in [0, 0.05) is 0 Å². The maximum absolute atomic E-state index is 6.53. The number of aromatic nitrogens is 1. The Morgan fingerprint density at radius 2 is 1.50 bits per heavy atom. The van der Waals surface area contributed by atoms with Gasteiger partial charge in [-0.2, -0.15) is 0 Å². The predicted molar refractivity (Wildman–Crippen MR) is 157 cm³/mol. The van der Waals surface area contributed by atoms with Crippen LogP contribution in [0, 0.1) is 0 Å². The molecule has 6 aromatic rings. The molecule has 0 N–H and O–H groups in total. The van der Waals surface area contributed by atoms with Crippen LogP contribution in [-0.4, -0.2) is 18.3 Å². The third kappa shape index (κ3) is 3.85. The minimum absolute atomic E-state index is 0.418. The Morgan fingerprint density at radius 1 is 0.750 bits per heavy atom. The van der Waals surface area contributed by atoms with Gasteiger partial charge in [0.05, 0.1) is 0 Å². The summed E-state index contributed by atoms with van der Waals surface area (Å²) < 4.78 is 8.05. The van der Waals surface area contributed by atoms with Gasteiger partial charge < -0.3 is 0 Å². The molecule has 6 rings (SSSR count). The van der Waals surface area contributed by atoms with Crippen molar-refractivity contribution in [3.8, 4) is 22.4 Å². The summed E-state index contributed by atoms with van der Waals surface area (Å²) >= 11 is -1.86. The molecule has 3 heteroatoms. The second kappa shape index (κ2) is 8.63. The topological polar surface area (TPSA) is 26.0 Å². The van der Waals surface area contributed by atoms with Gasteiger partial charge in [0.1, 0.15) is 0 Å². The Balaban J connectivity index is 1.58. The zero-order valence-corrected chi connectivity index (χ0v) is 23.7. The van der Waals surface area contributed by atoms with E-state index >= 15 is 0 Å². The van der Waals surface area contributed by atoms with Crippen molar-refractivity contribution in [3.05, 3.63) is 96.7 Å². The zero-order valence-electron chi connectivity index (χ0n) is 21.6. The van der Waals surface area contributed by atoms with Gasteiger partial charge in [-0.15, -0.1) is 0 Å². The number of fused-ring (bicyclic) bond motifs is 4. The van der Waals surface area contributed by atoms with Crippen LogP contribution in [-0.2, 0) is 0 Å². The van der Waals surface area contributed by atoms with Crippen molar-refractivity contribution in [2.75, 3.05) is 0 Å². The first-order valence-corrected chi connectivity index (χ1v) is 20.1. The first kappa shape index (κ1) is 23.1. The molecule has 0 amide bonds. The average molecular weight is 530 g/mol. The number of nitrogens with zero attached hydrogens (tertiary/aromatic N) is 1. The molecule has 0 bridgehead atoms. The van der Waals surface area contributed by atoms with Gasteiger partial charge in [0.2, 0.25) is 0 Å². The molecule has 0 saturated heterocycles. The minimum atomic E-state index is -1.86. The van der Waals surface area contributed by atoms with Gasteiger partial charge >= 0.3 is 166 Å². The van der Waals surface area contributed by atoms with Crippen molar-refractivity contribution >= 4 is 50.4 Å². The fourth-order valence-corrected chi connectivity index (χ4v) is 7.74. The predicted octanol–water partition coefficient (Wildman–Crippen LogP) is 9.14.